The number of imidazole rings is 1. The van der Waals surface area contributed by atoms with Gasteiger partial charge in [0.1, 0.15) is 11.3 Å². The summed E-state index contributed by atoms with van der Waals surface area (Å²) in [6, 6.07) is 3.88. The Bertz CT molecular complexity index is 544. The first kappa shape index (κ1) is 11.7. The summed E-state index contributed by atoms with van der Waals surface area (Å²) >= 11 is 6.00. The van der Waals surface area contributed by atoms with E-state index in [-0.39, 0.29) is 0 Å². The predicted molar refractivity (Wildman–Crippen MR) is 72.5 cm³/mol. The lowest BCUT2D eigenvalue weighted by Crippen LogP contribution is -2.50. The fourth-order valence-electron chi connectivity index (χ4n) is 2.33. The minimum absolute atomic E-state index is 0.405. The third-order valence-electron chi connectivity index (χ3n) is 3.34. The van der Waals surface area contributed by atoms with Crippen molar-refractivity contribution in [1.29, 1.82) is 0 Å². The number of fused-ring (bicyclic) bond motifs is 1. The number of rotatable bonds is 2. The molecule has 3 rings (SSSR count). The van der Waals surface area contributed by atoms with E-state index in [1.807, 2.05) is 12.1 Å². The zero-order chi connectivity index (χ0) is 12.5. The maximum absolute atomic E-state index is 6.00. The third kappa shape index (κ3) is 1.93. The maximum atomic E-state index is 6.00. The number of likely N-dealkylation sites (N-methyl/N-ethyl adjacent to an activating group) is 1. The predicted octanol–water partition coefficient (Wildman–Crippen LogP) is 1.05. The first-order valence-electron chi connectivity index (χ1n) is 6.11. The molecule has 0 aliphatic carbocycles. The van der Waals surface area contributed by atoms with Gasteiger partial charge < -0.3 is 9.91 Å². The van der Waals surface area contributed by atoms with Crippen LogP contribution in [0.4, 0.5) is 0 Å². The molecule has 0 N–H and O–H groups in total. The van der Waals surface area contributed by atoms with E-state index in [1.54, 1.807) is 6.20 Å². The van der Waals surface area contributed by atoms with Crippen LogP contribution >= 0.6 is 11.6 Å². The molecular weight excluding hydrogens is 250 g/mol. The van der Waals surface area contributed by atoms with Crippen molar-refractivity contribution in [2.75, 3.05) is 38.2 Å². The summed E-state index contributed by atoms with van der Waals surface area (Å²) in [5.41, 5.74) is 1.81. The van der Waals surface area contributed by atoms with Gasteiger partial charge in [-0.15, -0.1) is 11.6 Å². The number of nitrogens with zero attached hydrogens (tertiary/aromatic N) is 5. The van der Waals surface area contributed by atoms with Gasteiger partial charge in [0.15, 0.2) is 5.65 Å². The molecule has 2 aromatic heterocycles. The summed E-state index contributed by atoms with van der Waals surface area (Å²) in [5.74, 6) is 1.28. The topological polar surface area (TPSA) is 37.2 Å². The van der Waals surface area contributed by atoms with Crippen molar-refractivity contribution in [3.8, 4) is 0 Å². The van der Waals surface area contributed by atoms with Gasteiger partial charge in [0, 0.05) is 32.4 Å². The normalized spacial score (nSPS) is 17.6. The molecule has 0 aromatic carbocycles. The minimum atomic E-state index is 0.405. The van der Waals surface area contributed by atoms with Crippen LogP contribution in [0.1, 0.15) is 5.82 Å². The molecular formula is C12H16ClN5. The summed E-state index contributed by atoms with van der Waals surface area (Å²) in [5, 5.41) is 2.28. The zero-order valence-electron chi connectivity index (χ0n) is 10.4. The van der Waals surface area contributed by atoms with E-state index >= 15 is 0 Å². The van der Waals surface area contributed by atoms with Gasteiger partial charge in [-0.1, -0.05) is 0 Å². The van der Waals surface area contributed by atoms with Gasteiger partial charge in [-0.05, 0) is 19.2 Å². The number of piperazine rings is 1. The maximum Gasteiger partial charge on any atom is 0.179 e. The summed E-state index contributed by atoms with van der Waals surface area (Å²) in [7, 11) is 2.14. The van der Waals surface area contributed by atoms with Crippen molar-refractivity contribution in [2.45, 2.75) is 5.88 Å². The van der Waals surface area contributed by atoms with Gasteiger partial charge in [0.25, 0.3) is 0 Å². The van der Waals surface area contributed by atoms with E-state index in [2.05, 4.69) is 31.6 Å². The van der Waals surface area contributed by atoms with Gasteiger partial charge >= 0.3 is 0 Å². The fraction of sp³-hybridized carbons (Fsp3) is 0.500. The van der Waals surface area contributed by atoms with Gasteiger partial charge in [-0.2, -0.15) is 0 Å². The molecule has 3 heterocycles. The average Bonchev–Trinajstić information content (AvgIpc) is 2.78. The molecule has 1 fully saturated rings. The first-order chi connectivity index (χ1) is 8.79. The van der Waals surface area contributed by atoms with E-state index in [0.29, 0.717) is 5.88 Å². The second-order valence-corrected chi connectivity index (χ2v) is 4.84. The van der Waals surface area contributed by atoms with Crippen LogP contribution in [0.2, 0.25) is 0 Å². The lowest BCUT2D eigenvalue weighted by atomic mass is 10.4. The summed E-state index contributed by atoms with van der Waals surface area (Å²) < 4.78 is 2.08. The largest absolute Gasteiger partial charge is 0.307 e. The molecule has 2 aromatic rings. The monoisotopic (exact) mass is 265 g/mol. The van der Waals surface area contributed by atoms with Crippen molar-refractivity contribution in [2.24, 2.45) is 0 Å². The Morgan fingerprint density at radius 2 is 2.06 bits per heavy atom. The average molecular weight is 266 g/mol. The van der Waals surface area contributed by atoms with Crippen LogP contribution in [0.25, 0.3) is 11.2 Å². The van der Waals surface area contributed by atoms with E-state index in [0.717, 1.165) is 43.2 Å². The molecule has 96 valence electrons. The van der Waals surface area contributed by atoms with Gasteiger partial charge in [0.05, 0.1) is 5.88 Å². The second kappa shape index (κ2) is 4.74. The van der Waals surface area contributed by atoms with Crippen LogP contribution in [0.15, 0.2) is 18.3 Å². The minimum Gasteiger partial charge on any atom is -0.307 e. The number of hydrogen-bond donors (Lipinski definition) is 0. The van der Waals surface area contributed by atoms with Gasteiger partial charge in [-0.25, -0.2) is 14.6 Å². The second-order valence-electron chi connectivity index (χ2n) is 4.58. The van der Waals surface area contributed by atoms with Crippen molar-refractivity contribution in [1.82, 2.24) is 19.5 Å². The van der Waals surface area contributed by atoms with Crippen molar-refractivity contribution >= 4 is 22.8 Å². The fourth-order valence-corrected chi connectivity index (χ4v) is 2.50. The van der Waals surface area contributed by atoms with Gasteiger partial charge in [0.2, 0.25) is 0 Å². The van der Waals surface area contributed by atoms with Crippen molar-refractivity contribution < 1.29 is 0 Å². The highest BCUT2D eigenvalue weighted by Crippen LogP contribution is 2.16. The smallest absolute Gasteiger partial charge is 0.179 e. The highest BCUT2D eigenvalue weighted by molar-refractivity contribution is 6.16. The number of halogens is 1. The van der Waals surface area contributed by atoms with Gasteiger partial charge in [-0.3, -0.25) is 0 Å². The Labute approximate surface area is 111 Å². The number of hydrogen-bond acceptors (Lipinski definition) is 4. The Morgan fingerprint density at radius 1 is 1.28 bits per heavy atom. The molecule has 0 amide bonds. The summed E-state index contributed by atoms with van der Waals surface area (Å²) in [4.78, 5) is 11.3. The van der Waals surface area contributed by atoms with Crippen LogP contribution < -0.4 is 5.01 Å². The third-order valence-corrected chi connectivity index (χ3v) is 3.58. The number of pyridine rings is 1. The van der Waals surface area contributed by atoms with E-state index in [9.17, 15) is 0 Å². The highest BCUT2D eigenvalue weighted by Gasteiger charge is 2.20. The first-order valence-corrected chi connectivity index (χ1v) is 6.65. The summed E-state index contributed by atoms with van der Waals surface area (Å²) in [6.45, 7) is 4.05. The zero-order valence-corrected chi connectivity index (χ0v) is 11.1. The SMILES string of the molecule is CN1CCN(n2c(CCl)nc3cccnc32)CC1. The van der Waals surface area contributed by atoms with Crippen LogP contribution in [0, 0.1) is 0 Å². The molecule has 5 nitrogen and oxygen atoms in total. The Balaban J connectivity index is 2.04. The highest BCUT2D eigenvalue weighted by atomic mass is 35.5. The van der Waals surface area contributed by atoms with Crippen LogP contribution in [0.5, 0.6) is 0 Å². The lowest BCUT2D eigenvalue weighted by molar-refractivity contribution is 0.287. The molecule has 0 spiro atoms. The molecule has 1 aliphatic heterocycles. The molecule has 0 atom stereocenters. The van der Waals surface area contributed by atoms with E-state index in [4.69, 9.17) is 11.6 Å². The van der Waals surface area contributed by atoms with Crippen molar-refractivity contribution in [3.63, 3.8) is 0 Å². The van der Waals surface area contributed by atoms with Crippen LogP contribution in [0.3, 0.4) is 0 Å². The summed E-state index contributed by atoms with van der Waals surface area (Å²) in [6.07, 6.45) is 1.80. The lowest BCUT2D eigenvalue weighted by Gasteiger charge is -2.35. The van der Waals surface area contributed by atoms with E-state index in [1.165, 1.54) is 0 Å². The Morgan fingerprint density at radius 3 is 2.78 bits per heavy atom. The Kier molecular flexibility index (Phi) is 3.09. The van der Waals surface area contributed by atoms with Crippen LogP contribution in [-0.2, 0) is 5.88 Å². The molecule has 0 unspecified atom stereocenters. The number of alkyl halides is 1. The standard InChI is InChI=1S/C12H16ClN5/c1-16-5-7-17(8-6-16)18-11(9-13)15-10-3-2-4-14-12(10)18/h2-4H,5-9H2,1H3. The quantitative estimate of drug-likeness (QED) is 0.761. The molecule has 0 radical (unpaired) electrons. The number of aromatic nitrogens is 3. The van der Waals surface area contributed by atoms with E-state index < -0.39 is 0 Å². The molecule has 1 aliphatic rings. The van der Waals surface area contributed by atoms with Crippen molar-refractivity contribution in [3.05, 3.63) is 24.2 Å². The molecule has 6 heteroatoms. The molecule has 0 bridgehead atoms. The molecule has 1 saturated heterocycles. The Hall–Kier alpha value is -1.33. The molecule has 18 heavy (non-hydrogen) atoms. The molecule has 0 saturated carbocycles. The van der Waals surface area contributed by atoms with Crippen LogP contribution in [-0.4, -0.2) is 52.8 Å².